The first-order valence-electron chi connectivity index (χ1n) is 10.9. The third-order valence-electron chi connectivity index (χ3n) is 5.46. The van der Waals surface area contributed by atoms with Crippen LogP contribution in [0.4, 0.5) is 17.1 Å². The number of aryl methyl sites for hydroxylation is 1. The van der Waals surface area contributed by atoms with Gasteiger partial charge in [-0.2, -0.15) is 5.10 Å². The van der Waals surface area contributed by atoms with E-state index in [1.54, 1.807) is 62.4 Å². The second kappa shape index (κ2) is 10.5. The molecule has 0 bridgehead atoms. The van der Waals surface area contributed by atoms with Crippen molar-refractivity contribution >= 4 is 34.6 Å². The molecule has 0 saturated carbocycles. The molecule has 3 aromatic carbocycles. The molecular formula is C25H20ClN5O6. The summed E-state index contributed by atoms with van der Waals surface area (Å²) in [4.78, 5) is 34.6. The highest BCUT2D eigenvalue weighted by molar-refractivity contribution is 6.30. The van der Waals surface area contributed by atoms with Crippen LogP contribution in [0.5, 0.6) is 11.5 Å². The maximum atomic E-state index is 13.0. The number of nitrogens with one attached hydrogen (secondary N) is 1. The number of non-ortho nitro benzene ring substituents is 1. The normalized spacial score (nSPS) is 10.7. The van der Waals surface area contributed by atoms with Crippen LogP contribution in [0.2, 0.25) is 5.02 Å². The number of ether oxygens (including phenoxy) is 1. The summed E-state index contributed by atoms with van der Waals surface area (Å²) < 4.78 is 7.21. The number of carbonyl (C=O) groups excluding carboxylic acids is 1. The zero-order valence-electron chi connectivity index (χ0n) is 19.7. The van der Waals surface area contributed by atoms with Crippen LogP contribution in [0.15, 0.2) is 66.7 Å². The summed E-state index contributed by atoms with van der Waals surface area (Å²) in [6.07, 6.45) is 0. The number of rotatable bonds is 8. The van der Waals surface area contributed by atoms with Gasteiger partial charge in [-0.25, -0.2) is 0 Å². The lowest BCUT2D eigenvalue weighted by Gasteiger charge is -2.11. The molecule has 4 aromatic rings. The molecule has 0 spiro atoms. The zero-order valence-corrected chi connectivity index (χ0v) is 20.4. The van der Waals surface area contributed by atoms with Crippen LogP contribution in [-0.4, -0.2) is 25.5 Å². The van der Waals surface area contributed by atoms with Crippen molar-refractivity contribution in [2.45, 2.75) is 20.4 Å². The maximum absolute atomic E-state index is 13.0. The summed E-state index contributed by atoms with van der Waals surface area (Å²) in [6.45, 7) is 3.40. The fourth-order valence-corrected chi connectivity index (χ4v) is 3.88. The lowest BCUT2D eigenvalue weighted by molar-refractivity contribution is -0.386. The summed E-state index contributed by atoms with van der Waals surface area (Å²) in [5.74, 6) is 0.0742. The second-order valence-corrected chi connectivity index (χ2v) is 8.55. The Kier molecular flexibility index (Phi) is 7.16. The predicted octanol–water partition coefficient (Wildman–Crippen LogP) is 6.06. The number of nitro groups is 2. The highest BCUT2D eigenvalue weighted by atomic mass is 35.5. The van der Waals surface area contributed by atoms with E-state index in [1.165, 1.54) is 22.9 Å². The van der Waals surface area contributed by atoms with Crippen LogP contribution in [0.25, 0.3) is 0 Å². The molecule has 0 unspecified atom stereocenters. The lowest BCUT2D eigenvalue weighted by atomic mass is 10.1. The van der Waals surface area contributed by atoms with Gasteiger partial charge in [-0.15, -0.1) is 0 Å². The Morgan fingerprint density at radius 3 is 2.38 bits per heavy atom. The molecule has 12 heteroatoms. The summed E-state index contributed by atoms with van der Waals surface area (Å²) in [6, 6.07) is 17.1. The molecule has 0 saturated heterocycles. The predicted molar refractivity (Wildman–Crippen MR) is 136 cm³/mol. The number of aromatic nitrogens is 2. The topological polar surface area (TPSA) is 142 Å². The van der Waals surface area contributed by atoms with Crippen molar-refractivity contribution in [3.05, 3.63) is 114 Å². The van der Waals surface area contributed by atoms with Crippen LogP contribution in [0.1, 0.15) is 27.3 Å². The Balaban J connectivity index is 1.55. The summed E-state index contributed by atoms with van der Waals surface area (Å²) in [5.41, 5.74) is 1.56. The van der Waals surface area contributed by atoms with Crippen molar-refractivity contribution in [2.24, 2.45) is 0 Å². The third-order valence-corrected chi connectivity index (χ3v) is 5.71. The fraction of sp³-hybridized carbons (Fsp3) is 0.120. The van der Waals surface area contributed by atoms with Gasteiger partial charge in [0.1, 0.15) is 22.9 Å². The molecule has 0 aliphatic rings. The first-order valence-corrected chi connectivity index (χ1v) is 11.3. The Morgan fingerprint density at radius 2 is 1.73 bits per heavy atom. The number of nitrogens with zero attached hydrogens (tertiary/aromatic N) is 4. The molecular weight excluding hydrogens is 502 g/mol. The largest absolute Gasteiger partial charge is 0.457 e. The van der Waals surface area contributed by atoms with E-state index >= 15 is 0 Å². The van der Waals surface area contributed by atoms with Gasteiger partial charge in [0.15, 0.2) is 0 Å². The first kappa shape index (κ1) is 25.3. The van der Waals surface area contributed by atoms with E-state index in [1.807, 2.05) is 0 Å². The molecule has 0 radical (unpaired) electrons. The quantitative estimate of drug-likeness (QED) is 0.219. The SMILES string of the molecule is Cc1nn(Cc2cccc(C(=O)Nc3cc(Oc4ccc(Cl)cc4)cc([N+](=O)[O-])c3)c2)c(C)c1[N+](=O)[O-]. The molecule has 0 fully saturated rings. The average molecular weight is 522 g/mol. The number of hydrogen-bond acceptors (Lipinski definition) is 7. The smallest absolute Gasteiger partial charge is 0.312 e. The molecule has 4 rings (SSSR count). The van der Waals surface area contributed by atoms with E-state index in [-0.39, 0.29) is 29.4 Å². The average Bonchev–Trinajstić information content (AvgIpc) is 3.13. The number of anilines is 1. The van der Waals surface area contributed by atoms with E-state index in [4.69, 9.17) is 16.3 Å². The van der Waals surface area contributed by atoms with E-state index in [2.05, 4.69) is 10.4 Å². The van der Waals surface area contributed by atoms with Gasteiger partial charge in [0.05, 0.1) is 28.1 Å². The Hall–Kier alpha value is -4.77. The highest BCUT2D eigenvalue weighted by Crippen LogP contribution is 2.30. The Bertz CT molecular complexity index is 1520. The molecule has 1 amide bonds. The van der Waals surface area contributed by atoms with Crippen molar-refractivity contribution in [3.8, 4) is 11.5 Å². The Morgan fingerprint density at radius 1 is 1.00 bits per heavy atom. The van der Waals surface area contributed by atoms with E-state index < -0.39 is 15.8 Å². The van der Waals surface area contributed by atoms with E-state index in [0.717, 1.165) is 0 Å². The van der Waals surface area contributed by atoms with Gasteiger partial charge in [-0.05, 0) is 55.8 Å². The Labute approximate surface area is 215 Å². The van der Waals surface area contributed by atoms with E-state index in [9.17, 15) is 25.0 Å². The lowest BCUT2D eigenvalue weighted by Crippen LogP contribution is -2.13. The number of nitro benzene ring substituents is 1. The molecule has 0 aliphatic heterocycles. The monoisotopic (exact) mass is 521 g/mol. The van der Waals surface area contributed by atoms with E-state index in [0.29, 0.717) is 33.3 Å². The van der Waals surface area contributed by atoms with Gasteiger partial charge in [0.2, 0.25) is 0 Å². The number of hydrogen-bond donors (Lipinski definition) is 1. The van der Waals surface area contributed by atoms with Crippen LogP contribution in [-0.2, 0) is 6.54 Å². The van der Waals surface area contributed by atoms with Crippen molar-refractivity contribution in [1.29, 1.82) is 0 Å². The van der Waals surface area contributed by atoms with Gasteiger partial charge in [0, 0.05) is 22.7 Å². The number of halogens is 1. The standard InChI is InChI=1S/C25H20ClN5O6/c1-15-24(31(35)36)16(2)29(28-15)14-17-4-3-5-18(10-17)25(32)27-20-11-21(30(33)34)13-23(12-20)37-22-8-6-19(26)7-9-22/h3-13H,14H2,1-2H3,(H,27,32). The minimum absolute atomic E-state index is 0.0452. The van der Waals surface area contributed by atoms with Gasteiger partial charge in [0.25, 0.3) is 11.6 Å². The molecule has 11 nitrogen and oxygen atoms in total. The number of benzene rings is 3. The minimum atomic E-state index is -0.585. The van der Waals surface area contributed by atoms with Gasteiger partial charge in [-0.3, -0.25) is 29.7 Å². The molecule has 37 heavy (non-hydrogen) atoms. The summed E-state index contributed by atoms with van der Waals surface area (Å²) >= 11 is 5.88. The van der Waals surface area contributed by atoms with Gasteiger partial charge >= 0.3 is 5.69 Å². The molecule has 1 N–H and O–H groups in total. The van der Waals surface area contributed by atoms with Crippen LogP contribution in [0.3, 0.4) is 0 Å². The van der Waals surface area contributed by atoms with Crippen molar-refractivity contribution in [2.75, 3.05) is 5.32 Å². The molecule has 0 atom stereocenters. The fourth-order valence-electron chi connectivity index (χ4n) is 3.75. The summed E-state index contributed by atoms with van der Waals surface area (Å²) in [5, 5.41) is 30.1. The number of carbonyl (C=O) groups is 1. The highest BCUT2D eigenvalue weighted by Gasteiger charge is 2.22. The molecule has 188 valence electrons. The van der Waals surface area contributed by atoms with Crippen molar-refractivity contribution in [1.82, 2.24) is 9.78 Å². The minimum Gasteiger partial charge on any atom is -0.457 e. The number of amides is 1. The van der Waals surface area contributed by atoms with Crippen molar-refractivity contribution in [3.63, 3.8) is 0 Å². The molecule has 1 aromatic heterocycles. The van der Waals surface area contributed by atoms with Crippen LogP contribution in [0, 0.1) is 34.1 Å². The van der Waals surface area contributed by atoms with Crippen LogP contribution < -0.4 is 10.1 Å². The van der Waals surface area contributed by atoms with Gasteiger partial charge < -0.3 is 10.1 Å². The maximum Gasteiger partial charge on any atom is 0.312 e. The zero-order chi connectivity index (χ0) is 26.7. The van der Waals surface area contributed by atoms with Crippen LogP contribution >= 0.6 is 11.6 Å². The van der Waals surface area contributed by atoms with Crippen molar-refractivity contribution < 1.29 is 19.4 Å². The van der Waals surface area contributed by atoms with Gasteiger partial charge in [-0.1, -0.05) is 23.7 Å². The first-order chi connectivity index (χ1) is 17.6. The molecule has 0 aliphatic carbocycles. The third kappa shape index (κ3) is 5.90. The second-order valence-electron chi connectivity index (χ2n) is 8.12. The summed E-state index contributed by atoms with van der Waals surface area (Å²) in [7, 11) is 0. The molecule has 1 heterocycles.